The number of unbranched alkanes of at least 4 members (excludes halogenated alkanes) is 2. The second-order valence-electron chi connectivity index (χ2n) is 4.84. The summed E-state index contributed by atoms with van der Waals surface area (Å²) in [5.74, 6) is 0.180. The van der Waals surface area contributed by atoms with Gasteiger partial charge in [-0.1, -0.05) is 58.2 Å². The average molecular weight is 205 g/mol. The Morgan fingerprint density at radius 2 is 1.80 bits per heavy atom. The zero-order valence-electron chi connectivity index (χ0n) is 10.0. The molecule has 0 amide bonds. The molecular formula is C14H21O. The number of hydrogen-bond donors (Lipinski definition) is 0. The Kier molecular flexibility index (Phi) is 4.19. The van der Waals surface area contributed by atoms with Crippen molar-refractivity contribution in [3.63, 3.8) is 0 Å². The van der Waals surface area contributed by atoms with E-state index in [-0.39, 0.29) is 11.2 Å². The van der Waals surface area contributed by atoms with Gasteiger partial charge in [-0.2, -0.15) is 0 Å². The molecule has 0 heterocycles. The molecule has 0 spiro atoms. The maximum absolute atomic E-state index is 11.7. The molecule has 0 saturated carbocycles. The van der Waals surface area contributed by atoms with Crippen LogP contribution in [0.3, 0.4) is 0 Å². The fourth-order valence-corrected chi connectivity index (χ4v) is 1.98. The van der Waals surface area contributed by atoms with Crippen LogP contribution < -0.4 is 0 Å². The van der Waals surface area contributed by atoms with Gasteiger partial charge in [0.15, 0.2) is 5.75 Å². The van der Waals surface area contributed by atoms with Crippen LogP contribution in [-0.2, 0) is 10.5 Å². The van der Waals surface area contributed by atoms with Crippen molar-refractivity contribution in [1.82, 2.24) is 0 Å². The number of hydrogen-bond acceptors (Lipinski definition) is 0. The van der Waals surface area contributed by atoms with Crippen molar-refractivity contribution in [2.75, 3.05) is 0 Å². The largest absolute Gasteiger partial charge is 0.290 e. The van der Waals surface area contributed by atoms with Crippen LogP contribution in [-0.4, -0.2) is 0 Å². The summed E-state index contributed by atoms with van der Waals surface area (Å²) in [6, 6.07) is 7.40. The predicted octanol–water partition coefficient (Wildman–Crippen LogP) is 4.69. The average Bonchev–Trinajstić information content (AvgIpc) is 2.18. The van der Waals surface area contributed by atoms with Crippen LogP contribution in [0.25, 0.3) is 0 Å². The lowest BCUT2D eigenvalue weighted by molar-refractivity contribution is 0.332. The Labute approximate surface area is 93.1 Å². The van der Waals surface area contributed by atoms with Crippen molar-refractivity contribution in [2.24, 2.45) is 0 Å². The molecule has 0 unspecified atom stereocenters. The lowest BCUT2D eigenvalue weighted by atomic mass is 9.79. The van der Waals surface area contributed by atoms with E-state index >= 15 is 0 Å². The van der Waals surface area contributed by atoms with Crippen molar-refractivity contribution < 1.29 is 5.11 Å². The van der Waals surface area contributed by atoms with Crippen LogP contribution in [0.1, 0.15) is 52.0 Å². The monoisotopic (exact) mass is 205 g/mol. The Bertz CT molecular complexity index is 302. The van der Waals surface area contributed by atoms with Crippen LogP contribution in [0.5, 0.6) is 5.75 Å². The third kappa shape index (κ3) is 3.26. The molecule has 1 rings (SSSR count). The van der Waals surface area contributed by atoms with Crippen LogP contribution in [0.2, 0.25) is 0 Å². The summed E-state index contributed by atoms with van der Waals surface area (Å²) in [4.78, 5) is 0. The summed E-state index contributed by atoms with van der Waals surface area (Å²) in [6.45, 7) is 6.54. The molecule has 1 radical (unpaired) electrons. The summed E-state index contributed by atoms with van der Waals surface area (Å²) in [5, 5.41) is 11.7. The van der Waals surface area contributed by atoms with Crippen molar-refractivity contribution in [2.45, 2.75) is 51.9 Å². The number of benzene rings is 1. The molecule has 0 atom stereocenters. The minimum atomic E-state index is 0.0213. The smallest absolute Gasteiger partial charge is 0.182 e. The minimum Gasteiger partial charge on any atom is -0.290 e. The molecule has 1 aromatic rings. The van der Waals surface area contributed by atoms with Gasteiger partial charge in [-0.3, -0.25) is 5.11 Å². The van der Waals surface area contributed by atoms with Crippen LogP contribution >= 0.6 is 0 Å². The van der Waals surface area contributed by atoms with Crippen molar-refractivity contribution >= 4 is 0 Å². The van der Waals surface area contributed by atoms with E-state index < -0.39 is 0 Å². The number of rotatable bonds is 5. The third-order valence-electron chi connectivity index (χ3n) is 3.02. The van der Waals surface area contributed by atoms with Gasteiger partial charge in [-0.05, 0) is 17.9 Å². The fourth-order valence-electron chi connectivity index (χ4n) is 1.98. The maximum Gasteiger partial charge on any atom is 0.182 e. The van der Waals surface area contributed by atoms with Gasteiger partial charge in [-0.15, -0.1) is 0 Å². The van der Waals surface area contributed by atoms with Gasteiger partial charge in [0, 0.05) is 5.56 Å². The molecular weight excluding hydrogens is 184 g/mol. The SMILES string of the molecule is CCCCCC(C)(C)c1ccccc1[O]. The van der Waals surface area contributed by atoms with Crippen LogP contribution in [0, 0.1) is 0 Å². The second kappa shape index (κ2) is 5.20. The van der Waals surface area contributed by atoms with Gasteiger partial charge in [0.05, 0.1) is 0 Å². The van der Waals surface area contributed by atoms with E-state index in [1.807, 2.05) is 18.2 Å². The van der Waals surface area contributed by atoms with Crippen molar-refractivity contribution in [3.8, 4) is 5.75 Å². The lowest BCUT2D eigenvalue weighted by Gasteiger charge is -2.25. The fraction of sp³-hybridized carbons (Fsp3) is 0.571. The summed E-state index contributed by atoms with van der Waals surface area (Å²) in [5.41, 5.74) is 0.981. The van der Waals surface area contributed by atoms with Gasteiger partial charge in [-0.25, -0.2) is 0 Å². The Balaban J connectivity index is 2.72. The highest BCUT2D eigenvalue weighted by Crippen LogP contribution is 2.35. The zero-order chi connectivity index (χ0) is 11.3. The highest BCUT2D eigenvalue weighted by atomic mass is 16.3. The first kappa shape index (κ1) is 12.1. The van der Waals surface area contributed by atoms with Gasteiger partial charge >= 0.3 is 0 Å². The molecule has 1 heteroatoms. The van der Waals surface area contributed by atoms with E-state index in [1.54, 1.807) is 6.07 Å². The van der Waals surface area contributed by atoms with Gasteiger partial charge < -0.3 is 0 Å². The summed E-state index contributed by atoms with van der Waals surface area (Å²) in [6.07, 6.45) is 4.79. The first-order valence-corrected chi connectivity index (χ1v) is 5.84. The van der Waals surface area contributed by atoms with E-state index in [1.165, 1.54) is 19.3 Å². The summed E-state index contributed by atoms with van der Waals surface area (Å²) < 4.78 is 0. The molecule has 0 N–H and O–H groups in total. The topological polar surface area (TPSA) is 19.9 Å². The highest BCUT2D eigenvalue weighted by molar-refractivity contribution is 5.37. The predicted molar refractivity (Wildman–Crippen MR) is 63.7 cm³/mol. The quantitative estimate of drug-likeness (QED) is 0.621. The van der Waals surface area contributed by atoms with Gasteiger partial charge in [0.2, 0.25) is 0 Å². The molecule has 0 aliphatic rings. The van der Waals surface area contributed by atoms with Gasteiger partial charge in [0.1, 0.15) is 0 Å². The van der Waals surface area contributed by atoms with Crippen molar-refractivity contribution in [1.29, 1.82) is 0 Å². The Morgan fingerprint density at radius 3 is 2.40 bits per heavy atom. The number of para-hydroxylation sites is 1. The van der Waals surface area contributed by atoms with E-state index in [9.17, 15) is 5.11 Å². The maximum atomic E-state index is 11.7. The summed E-state index contributed by atoms with van der Waals surface area (Å²) >= 11 is 0. The van der Waals surface area contributed by atoms with Crippen molar-refractivity contribution in [3.05, 3.63) is 29.8 Å². The molecule has 0 aliphatic carbocycles. The van der Waals surface area contributed by atoms with E-state index in [4.69, 9.17) is 0 Å². The molecule has 83 valence electrons. The van der Waals surface area contributed by atoms with Crippen LogP contribution in [0.4, 0.5) is 0 Å². The normalized spacial score (nSPS) is 11.7. The minimum absolute atomic E-state index is 0.0213. The zero-order valence-corrected chi connectivity index (χ0v) is 10.0. The first-order chi connectivity index (χ1) is 7.08. The standard InChI is InChI=1S/C14H21O/c1-4-5-8-11-14(2,3)12-9-6-7-10-13(12)15/h6-7,9-10H,4-5,8,11H2,1-3H3. The lowest BCUT2D eigenvalue weighted by Crippen LogP contribution is -2.16. The van der Waals surface area contributed by atoms with E-state index in [0.717, 1.165) is 12.0 Å². The molecule has 0 aromatic heterocycles. The van der Waals surface area contributed by atoms with Gasteiger partial charge in [0.25, 0.3) is 0 Å². The summed E-state index contributed by atoms with van der Waals surface area (Å²) in [7, 11) is 0. The Morgan fingerprint density at radius 1 is 1.13 bits per heavy atom. The molecule has 0 fully saturated rings. The third-order valence-corrected chi connectivity index (χ3v) is 3.02. The molecule has 0 aliphatic heterocycles. The molecule has 15 heavy (non-hydrogen) atoms. The second-order valence-corrected chi connectivity index (χ2v) is 4.84. The molecule has 0 saturated heterocycles. The molecule has 1 aromatic carbocycles. The Hall–Kier alpha value is -0.980. The van der Waals surface area contributed by atoms with Crippen LogP contribution in [0.15, 0.2) is 24.3 Å². The molecule has 1 nitrogen and oxygen atoms in total. The highest BCUT2D eigenvalue weighted by Gasteiger charge is 2.23. The van der Waals surface area contributed by atoms with E-state index in [0.29, 0.717) is 0 Å². The molecule has 0 bridgehead atoms. The van der Waals surface area contributed by atoms with E-state index in [2.05, 4.69) is 20.8 Å². The first-order valence-electron chi connectivity index (χ1n) is 5.84.